The summed E-state index contributed by atoms with van der Waals surface area (Å²) in [6.07, 6.45) is 2.45. The summed E-state index contributed by atoms with van der Waals surface area (Å²) < 4.78 is 0. The van der Waals surface area contributed by atoms with Crippen LogP contribution in [0.25, 0.3) is 0 Å². The molecule has 5 nitrogen and oxygen atoms in total. The molecule has 0 saturated carbocycles. The highest BCUT2D eigenvalue weighted by molar-refractivity contribution is 5.95. The minimum atomic E-state index is 0.0478. The normalized spacial score (nSPS) is 16.0. The molecule has 0 aromatic carbocycles. The Morgan fingerprint density at radius 1 is 1.47 bits per heavy atom. The summed E-state index contributed by atoms with van der Waals surface area (Å²) in [4.78, 5) is 22.6. The molecular weight excluding hydrogens is 216 g/mol. The minimum absolute atomic E-state index is 0.0478. The van der Waals surface area contributed by atoms with Gasteiger partial charge in [-0.25, -0.2) is 9.97 Å². The Bertz CT molecular complexity index is 413. The van der Waals surface area contributed by atoms with Crippen LogP contribution in [0.1, 0.15) is 28.8 Å². The Morgan fingerprint density at radius 3 is 2.76 bits per heavy atom. The van der Waals surface area contributed by atoms with Crippen LogP contribution in [-0.4, -0.2) is 47.0 Å². The lowest BCUT2D eigenvalue weighted by Crippen LogP contribution is -2.46. The van der Waals surface area contributed by atoms with Crippen LogP contribution in [0.2, 0.25) is 0 Å². The van der Waals surface area contributed by atoms with Gasteiger partial charge in [0, 0.05) is 38.8 Å². The lowest BCUT2D eigenvalue weighted by molar-refractivity contribution is 0.0734. The van der Waals surface area contributed by atoms with Crippen molar-refractivity contribution in [1.82, 2.24) is 20.2 Å². The van der Waals surface area contributed by atoms with Crippen LogP contribution in [0, 0.1) is 6.92 Å². The van der Waals surface area contributed by atoms with Gasteiger partial charge in [0.05, 0.1) is 11.3 Å². The number of hydrogen-bond donors (Lipinski definition) is 1. The van der Waals surface area contributed by atoms with Crippen LogP contribution in [0.4, 0.5) is 0 Å². The summed E-state index contributed by atoms with van der Waals surface area (Å²) in [6.45, 7) is 7.11. The van der Waals surface area contributed by atoms with Crippen molar-refractivity contribution >= 4 is 5.91 Å². The number of rotatable bonds is 2. The zero-order chi connectivity index (χ0) is 12.3. The number of nitrogens with one attached hydrogen (secondary N) is 1. The summed E-state index contributed by atoms with van der Waals surface area (Å²) in [5, 5.41) is 3.23. The maximum atomic E-state index is 12.2. The summed E-state index contributed by atoms with van der Waals surface area (Å²) >= 11 is 0. The smallest absolute Gasteiger partial charge is 0.257 e. The SMILES string of the molecule is CCc1ncc(C(=O)N2CCNCC2)c(C)n1. The third kappa shape index (κ3) is 2.61. The van der Waals surface area contributed by atoms with Gasteiger partial charge in [-0.05, 0) is 6.92 Å². The Morgan fingerprint density at radius 2 is 2.18 bits per heavy atom. The van der Waals surface area contributed by atoms with Gasteiger partial charge in [-0.1, -0.05) is 6.92 Å². The number of amides is 1. The average Bonchev–Trinajstić information content (AvgIpc) is 2.39. The van der Waals surface area contributed by atoms with E-state index < -0.39 is 0 Å². The molecule has 0 bridgehead atoms. The van der Waals surface area contributed by atoms with E-state index in [1.807, 2.05) is 18.7 Å². The van der Waals surface area contributed by atoms with Gasteiger partial charge in [-0.3, -0.25) is 4.79 Å². The number of aromatic nitrogens is 2. The fourth-order valence-corrected chi connectivity index (χ4v) is 1.93. The highest BCUT2D eigenvalue weighted by atomic mass is 16.2. The molecule has 2 heterocycles. The molecule has 1 aliphatic heterocycles. The molecule has 0 unspecified atom stereocenters. The number of carbonyl (C=O) groups excluding carboxylic acids is 1. The van der Waals surface area contributed by atoms with Crippen LogP contribution >= 0.6 is 0 Å². The van der Waals surface area contributed by atoms with E-state index in [2.05, 4.69) is 15.3 Å². The fourth-order valence-electron chi connectivity index (χ4n) is 1.93. The molecule has 17 heavy (non-hydrogen) atoms. The third-order valence-electron chi connectivity index (χ3n) is 2.98. The van der Waals surface area contributed by atoms with E-state index in [0.717, 1.165) is 44.1 Å². The van der Waals surface area contributed by atoms with Crippen molar-refractivity contribution in [2.24, 2.45) is 0 Å². The fraction of sp³-hybridized carbons (Fsp3) is 0.583. The number of carbonyl (C=O) groups is 1. The van der Waals surface area contributed by atoms with Gasteiger partial charge in [0.2, 0.25) is 0 Å². The first-order valence-electron chi connectivity index (χ1n) is 6.05. The molecule has 1 aromatic heterocycles. The molecule has 1 N–H and O–H groups in total. The van der Waals surface area contributed by atoms with Crippen molar-refractivity contribution in [2.75, 3.05) is 26.2 Å². The predicted octanol–water partition coefficient (Wildman–Crippen LogP) is 0.393. The van der Waals surface area contributed by atoms with Gasteiger partial charge in [0.15, 0.2) is 0 Å². The second-order valence-corrected chi connectivity index (χ2v) is 4.18. The van der Waals surface area contributed by atoms with Crippen molar-refractivity contribution in [2.45, 2.75) is 20.3 Å². The Hall–Kier alpha value is -1.49. The quantitative estimate of drug-likeness (QED) is 0.804. The monoisotopic (exact) mass is 234 g/mol. The first kappa shape index (κ1) is 12.0. The molecule has 5 heteroatoms. The molecule has 2 rings (SSSR count). The molecule has 92 valence electrons. The lowest BCUT2D eigenvalue weighted by atomic mass is 10.2. The second kappa shape index (κ2) is 5.23. The van der Waals surface area contributed by atoms with E-state index in [4.69, 9.17) is 0 Å². The number of piperazine rings is 1. The molecule has 1 aliphatic rings. The summed E-state index contributed by atoms with van der Waals surface area (Å²) in [6, 6.07) is 0. The molecule has 0 atom stereocenters. The molecule has 0 radical (unpaired) electrons. The first-order valence-corrected chi connectivity index (χ1v) is 6.05. The number of hydrogen-bond acceptors (Lipinski definition) is 4. The van der Waals surface area contributed by atoms with E-state index in [9.17, 15) is 4.79 Å². The molecule has 1 saturated heterocycles. The highest BCUT2D eigenvalue weighted by Gasteiger charge is 2.20. The molecular formula is C12H18N4O. The Labute approximate surface area is 101 Å². The topological polar surface area (TPSA) is 58.1 Å². The average molecular weight is 234 g/mol. The summed E-state index contributed by atoms with van der Waals surface area (Å²) in [7, 11) is 0. The largest absolute Gasteiger partial charge is 0.336 e. The summed E-state index contributed by atoms with van der Waals surface area (Å²) in [5.74, 6) is 0.839. The van der Waals surface area contributed by atoms with Crippen molar-refractivity contribution in [3.8, 4) is 0 Å². The van der Waals surface area contributed by atoms with Crippen molar-refractivity contribution in [3.63, 3.8) is 0 Å². The number of aryl methyl sites for hydroxylation is 2. The van der Waals surface area contributed by atoms with Gasteiger partial charge < -0.3 is 10.2 Å². The molecule has 1 amide bonds. The van der Waals surface area contributed by atoms with Crippen LogP contribution in [0.3, 0.4) is 0 Å². The minimum Gasteiger partial charge on any atom is -0.336 e. The zero-order valence-electron chi connectivity index (χ0n) is 10.4. The second-order valence-electron chi connectivity index (χ2n) is 4.18. The molecule has 1 fully saturated rings. The first-order chi connectivity index (χ1) is 8.22. The maximum Gasteiger partial charge on any atom is 0.257 e. The van der Waals surface area contributed by atoms with Gasteiger partial charge >= 0.3 is 0 Å². The summed E-state index contributed by atoms with van der Waals surface area (Å²) in [5.41, 5.74) is 1.41. The van der Waals surface area contributed by atoms with Crippen molar-refractivity contribution in [1.29, 1.82) is 0 Å². The van der Waals surface area contributed by atoms with Gasteiger partial charge in [-0.15, -0.1) is 0 Å². The third-order valence-corrected chi connectivity index (χ3v) is 2.98. The molecule has 0 aliphatic carbocycles. The van der Waals surface area contributed by atoms with Crippen molar-refractivity contribution < 1.29 is 4.79 Å². The Kier molecular flexibility index (Phi) is 3.68. The molecule has 1 aromatic rings. The predicted molar refractivity (Wildman–Crippen MR) is 64.9 cm³/mol. The number of nitrogens with zero attached hydrogens (tertiary/aromatic N) is 3. The van der Waals surface area contributed by atoms with Crippen molar-refractivity contribution in [3.05, 3.63) is 23.3 Å². The van der Waals surface area contributed by atoms with Gasteiger partial charge in [0.25, 0.3) is 5.91 Å². The maximum absolute atomic E-state index is 12.2. The standard InChI is InChI=1S/C12H18N4O/c1-3-11-14-8-10(9(2)15-11)12(17)16-6-4-13-5-7-16/h8,13H,3-7H2,1-2H3. The van der Waals surface area contributed by atoms with E-state index in [1.54, 1.807) is 6.20 Å². The van der Waals surface area contributed by atoms with Crippen LogP contribution in [-0.2, 0) is 6.42 Å². The highest BCUT2D eigenvalue weighted by Crippen LogP contribution is 2.09. The lowest BCUT2D eigenvalue weighted by Gasteiger charge is -2.27. The zero-order valence-corrected chi connectivity index (χ0v) is 10.4. The molecule has 0 spiro atoms. The Balaban J connectivity index is 2.18. The van der Waals surface area contributed by atoms with E-state index in [-0.39, 0.29) is 5.91 Å². The van der Waals surface area contributed by atoms with E-state index in [0.29, 0.717) is 5.56 Å². The van der Waals surface area contributed by atoms with E-state index >= 15 is 0 Å². The van der Waals surface area contributed by atoms with E-state index in [1.165, 1.54) is 0 Å². The van der Waals surface area contributed by atoms with Gasteiger partial charge in [-0.2, -0.15) is 0 Å². The van der Waals surface area contributed by atoms with Crippen LogP contribution < -0.4 is 5.32 Å². The van der Waals surface area contributed by atoms with Gasteiger partial charge in [0.1, 0.15) is 5.82 Å². The van der Waals surface area contributed by atoms with Crippen LogP contribution in [0.15, 0.2) is 6.20 Å². The van der Waals surface area contributed by atoms with Crippen LogP contribution in [0.5, 0.6) is 0 Å².